The number of likely N-dealkylation sites (tertiary alicyclic amines) is 4. The predicted molar refractivity (Wildman–Crippen MR) is 468 cm³/mol. The number of fused-ring (bicyclic) bond motifs is 8. The summed E-state index contributed by atoms with van der Waals surface area (Å²) in [6, 6.07) is 40.3. The molecular formula is C92H97BrN24O6. The van der Waals surface area contributed by atoms with Gasteiger partial charge in [-0.2, -0.15) is 21.0 Å². The van der Waals surface area contributed by atoms with Crippen LogP contribution in [-0.2, 0) is 35.2 Å². The Hall–Kier alpha value is -13.4. The number of ether oxygens (including phenoxy) is 2. The van der Waals surface area contributed by atoms with E-state index < -0.39 is 0 Å². The van der Waals surface area contributed by atoms with E-state index >= 15 is 0 Å². The molecule has 0 radical (unpaired) electrons. The molecule has 4 aromatic heterocycles. The van der Waals surface area contributed by atoms with Gasteiger partial charge in [0, 0.05) is 109 Å². The van der Waals surface area contributed by atoms with Gasteiger partial charge in [-0.15, -0.1) is 0 Å². The SMILES string of the molecule is COc1ccc(CN2C(=O)c3c(C)cc(Br)cc3C23CCN(C)CC3)cc1.COc1ccc(CN2C(=O)c3c(C)cc(Nc4ncncc4C#N)cc3C23CCN(C)CC3)cc1.Cc1cc(Nc2ncncc2C#N)cc2c1C(=O)NC21CCN(C)CC1.Cc1cc(Nc2ncncc2C#N)cc2c1C(=O)NC21CCN(C)CC1.N#Cc1cncnc1N. The Morgan fingerprint density at radius 3 is 1.07 bits per heavy atom. The standard InChI is InChI=1S/C27H28N6O2.C22H25BrN2O2.2C19H20N6O.C5H4N4/c1-18-12-21(31-25-20(14-28)15-29-17-30-25)13-23-24(18)26(34)33(27(23)8-10-32(2)11-9-27)16-19-4-6-22(35-3)7-5-19;1-15-12-17(23)13-19-20(15)21(26)25(22(19)8-10-24(2)11-9-22)14-16-4-6-18(27-3)7-5-16;2*1-12-7-14(23-17-13(9-20)10-21-11-22-17)8-15-16(12)18(26)24-19(15)3-5-25(2)6-4-19;6-1-4-2-8-3-9-5(4)7/h4-7,12-13,15,17H,8-11,16H2,1-3H3,(H,29,30,31);4-7,12-13H,8-11,14H2,1-3H3;2*7-8,10-11H,3-6H2,1-2H3,(H,24,26)(H,21,22,23);2-3H,(H2,7,8,9). The average Bonchev–Trinajstić information content (AvgIpc) is 1.57. The number of aromatic nitrogens is 8. The molecule has 8 aliphatic rings. The first-order chi connectivity index (χ1) is 59.3. The van der Waals surface area contributed by atoms with Crippen molar-refractivity contribution in [3.8, 4) is 35.8 Å². The molecule has 31 heteroatoms. The second kappa shape index (κ2) is 36.5. The van der Waals surface area contributed by atoms with Gasteiger partial charge in [-0.05, 0) is 236 Å². The number of nitrogens with two attached hydrogens (primary N) is 1. The maximum atomic E-state index is 13.9. The molecule has 4 fully saturated rings. The van der Waals surface area contributed by atoms with Crippen molar-refractivity contribution in [1.29, 1.82) is 21.0 Å². The molecule has 6 aromatic carbocycles. The Morgan fingerprint density at radius 2 is 0.732 bits per heavy atom. The number of benzene rings is 6. The van der Waals surface area contributed by atoms with Gasteiger partial charge in [-0.3, -0.25) is 19.2 Å². The van der Waals surface area contributed by atoms with Crippen LogP contribution in [0.1, 0.15) is 171 Å². The Labute approximate surface area is 723 Å². The maximum absolute atomic E-state index is 13.9. The fourth-order valence-corrected chi connectivity index (χ4v) is 18.7. The highest BCUT2D eigenvalue weighted by molar-refractivity contribution is 9.10. The molecule has 8 aliphatic heterocycles. The van der Waals surface area contributed by atoms with Gasteiger partial charge in [0.1, 0.15) is 89.2 Å². The number of amides is 4. The fraction of sp³-hybridized carbons (Fsp3) is 0.348. The summed E-state index contributed by atoms with van der Waals surface area (Å²) in [7, 11) is 11.8. The van der Waals surface area contributed by atoms with Crippen molar-refractivity contribution in [3.05, 3.63) is 252 Å². The number of nitrogen functional groups attached to an aromatic ring is 1. The van der Waals surface area contributed by atoms with Crippen LogP contribution >= 0.6 is 15.9 Å². The fourth-order valence-electron chi connectivity index (χ4n) is 18.1. The third-order valence-electron chi connectivity index (χ3n) is 24.9. The molecule has 628 valence electrons. The summed E-state index contributed by atoms with van der Waals surface area (Å²) in [6.07, 6.45) is 18.6. The van der Waals surface area contributed by atoms with Crippen LogP contribution in [0.4, 0.5) is 40.3 Å². The molecule has 4 amide bonds. The molecule has 0 aliphatic carbocycles. The minimum absolute atomic E-state index is 0.00773. The molecule has 12 heterocycles. The molecule has 7 N–H and O–H groups in total. The van der Waals surface area contributed by atoms with E-state index in [1.165, 1.54) is 55.7 Å². The van der Waals surface area contributed by atoms with Crippen LogP contribution < -0.4 is 41.8 Å². The zero-order valence-corrected chi connectivity index (χ0v) is 72.1. The minimum atomic E-state index is -0.384. The third kappa shape index (κ3) is 17.6. The summed E-state index contributed by atoms with van der Waals surface area (Å²) < 4.78 is 11.6. The van der Waals surface area contributed by atoms with E-state index in [2.05, 4.69) is 189 Å². The Kier molecular flexibility index (Phi) is 25.5. The Bertz CT molecular complexity index is 5720. The lowest BCUT2D eigenvalue weighted by Gasteiger charge is -2.45. The van der Waals surface area contributed by atoms with E-state index in [0.29, 0.717) is 52.8 Å². The number of hydrogen-bond donors (Lipinski definition) is 6. The number of aryl methyl sites for hydroxylation is 4. The topological polar surface area (TPSA) is 391 Å². The summed E-state index contributed by atoms with van der Waals surface area (Å²) in [6.45, 7) is 16.7. The lowest BCUT2D eigenvalue weighted by atomic mass is 9.79. The predicted octanol–water partition coefficient (Wildman–Crippen LogP) is 12.4. The highest BCUT2D eigenvalue weighted by atomic mass is 79.9. The first kappa shape index (κ1) is 86.0. The monoisotopic (exact) mass is 1710 g/mol. The summed E-state index contributed by atoms with van der Waals surface area (Å²) in [5, 5.41) is 52.4. The van der Waals surface area contributed by atoms with Crippen molar-refractivity contribution in [2.24, 2.45) is 0 Å². The lowest BCUT2D eigenvalue weighted by molar-refractivity contribution is 0.0268. The maximum Gasteiger partial charge on any atom is 0.255 e. The summed E-state index contributed by atoms with van der Waals surface area (Å²) in [4.78, 5) is 97.5. The van der Waals surface area contributed by atoms with E-state index in [1.54, 1.807) is 14.2 Å². The number of nitriles is 4. The number of methoxy groups -OCH3 is 2. The van der Waals surface area contributed by atoms with Crippen molar-refractivity contribution < 1.29 is 28.7 Å². The molecule has 18 rings (SSSR count). The van der Waals surface area contributed by atoms with Gasteiger partial charge in [-0.25, -0.2) is 39.9 Å². The number of nitrogens with one attached hydrogen (secondary N) is 5. The van der Waals surface area contributed by atoms with Crippen LogP contribution in [0, 0.1) is 73.0 Å². The number of carbonyl (C=O) groups is 4. The van der Waals surface area contributed by atoms with Gasteiger partial charge >= 0.3 is 0 Å². The lowest BCUT2D eigenvalue weighted by Crippen LogP contribution is -2.50. The summed E-state index contributed by atoms with van der Waals surface area (Å²) in [5.41, 5.74) is 21.6. The third-order valence-corrected chi connectivity index (χ3v) is 25.4. The average molecular weight is 1710 g/mol. The van der Waals surface area contributed by atoms with Gasteiger partial charge in [-0.1, -0.05) is 40.2 Å². The van der Waals surface area contributed by atoms with Crippen molar-refractivity contribution >= 4 is 79.9 Å². The number of hydrogen-bond acceptors (Lipinski definition) is 26. The van der Waals surface area contributed by atoms with Crippen molar-refractivity contribution in [2.45, 2.75) is 114 Å². The molecule has 123 heavy (non-hydrogen) atoms. The van der Waals surface area contributed by atoms with Gasteiger partial charge in [0.05, 0.1) is 61.2 Å². The van der Waals surface area contributed by atoms with E-state index in [9.17, 15) is 35.0 Å². The molecule has 0 saturated carbocycles. The van der Waals surface area contributed by atoms with Crippen LogP contribution in [0.5, 0.6) is 11.5 Å². The van der Waals surface area contributed by atoms with Gasteiger partial charge in [0.2, 0.25) is 0 Å². The van der Waals surface area contributed by atoms with Crippen LogP contribution in [-0.4, -0.2) is 188 Å². The molecular weight excluding hydrogens is 1620 g/mol. The Balaban J connectivity index is 0.000000130. The first-order valence-corrected chi connectivity index (χ1v) is 41.5. The van der Waals surface area contributed by atoms with E-state index in [0.717, 1.165) is 209 Å². The molecule has 30 nitrogen and oxygen atoms in total. The molecule has 0 bridgehead atoms. The van der Waals surface area contributed by atoms with Crippen LogP contribution in [0.15, 0.2) is 152 Å². The second-order valence-electron chi connectivity index (χ2n) is 32.6. The first-order valence-electron chi connectivity index (χ1n) is 40.7. The second-order valence-corrected chi connectivity index (χ2v) is 33.5. The number of nitrogens with zero attached hydrogens (tertiary/aromatic N) is 18. The number of carbonyl (C=O) groups excluding carboxylic acids is 4. The highest BCUT2D eigenvalue weighted by Crippen LogP contribution is 2.52. The van der Waals surface area contributed by atoms with Crippen LogP contribution in [0.3, 0.4) is 0 Å². The smallest absolute Gasteiger partial charge is 0.255 e. The van der Waals surface area contributed by atoms with Crippen LogP contribution in [0.2, 0.25) is 0 Å². The minimum Gasteiger partial charge on any atom is -0.497 e. The van der Waals surface area contributed by atoms with E-state index in [1.807, 2.05) is 100 Å². The molecule has 4 spiro atoms. The van der Waals surface area contributed by atoms with Crippen molar-refractivity contribution in [3.63, 3.8) is 0 Å². The van der Waals surface area contributed by atoms with Gasteiger partial charge in [0.25, 0.3) is 23.6 Å². The molecule has 0 unspecified atom stereocenters. The molecule has 4 saturated heterocycles. The molecule has 0 atom stereocenters. The number of anilines is 7. The van der Waals surface area contributed by atoms with Crippen molar-refractivity contribution in [2.75, 3.05) is 116 Å². The summed E-state index contributed by atoms with van der Waals surface area (Å²) >= 11 is 3.65. The zero-order valence-electron chi connectivity index (χ0n) is 70.5. The normalized spacial score (nSPS) is 17.2. The quantitative estimate of drug-likeness (QED) is 0.0661. The van der Waals surface area contributed by atoms with E-state index in [-0.39, 0.29) is 51.6 Å². The summed E-state index contributed by atoms with van der Waals surface area (Å²) in [5.74, 6) is 3.51. The highest BCUT2D eigenvalue weighted by Gasteiger charge is 2.54. The zero-order chi connectivity index (χ0) is 87.1. The van der Waals surface area contributed by atoms with Gasteiger partial charge in [0.15, 0.2) is 17.5 Å². The number of rotatable bonds is 12. The number of piperidine rings is 4. The van der Waals surface area contributed by atoms with E-state index in [4.69, 9.17) is 20.5 Å². The molecule has 10 aromatic rings. The Morgan fingerprint density at radius 1 is 0.423 bits per heavy atom. The largest absolute Gasteiger partial charge is 0.497 e. The van der Waals surface area contributed by atoms with Crippen molar-refractivity contribution in [1.82, 2.24) is 79.9 Å². The van der Waals surface area contributed by atoms with Gasteiger partial charge < -0.3 is 71.2 Å². The van der Waals surface area contributed by atoms with Crippen LogP contribution in [0.25, 0.3) is 0 Å². The number of halogens is 1.